The molecule has 0 unspecified atom stereocenters. The number of benzene rings is 1. The summed E-state index contributed by atoms with van der Waals surface area (Å²) >= 11 is 8.42. The van der Waals surface area contributed by atoms with E-state index in [1.165, 1.54) is 50.3 Å². The third-order valence-electron chi connectivity index (χ3n) is 7.55. The van der Waals surface area contributed by atoms with Gasteiger partial charge in [-0.05, 0) is 54.9 Å². The fraction of sp³-hybridized carbons (Fsp3) is 0.393. The molecule has 3 heterocycles. The minimum Gasteiger partial charge on any atom is -0.388 e. The number of anilines is 2. The lowest BCUT2D eigenvalue weighted by Crippen LogP contribution is -2.39. The zero-order chi connectivity index (χ0) is 25.0. The van der Waals surface area contributed by atoms with Crippen molar-refractivity contribution in [1.82, 2.24) is 20.3 Å². The van der Waals surface area contributed by atoms with Crippen LogP contribution in [0.3, 0.4) is 0 Å². The molecule has 8 heteroatoms. The summed E-state index contributed by atoms with van der Waals surface area (Å²) in [6.45, 7) is 7.03. The van der Waals surface area contributed by atoms with Crippen molar-refractivity contribution in [3.63, 3.8) is 0 Å². The van der Waals surface area contributed by atoms with Gasteiger partial charge in [0.15, 0.2) is 0 Å². The second-order valence-corrected chi connectivity index (χ2v) is 11.2. The number of aromatic nitrogens is 3. The summed E-state index contributed by atoms with van der Waals surface area (Å²) in [7, 11) is 1.88. The van der Waals surface area contributed by atoms with Crippen LogP contribution in [0.15, 0.2) is 65.6 Å². The molecule has 188 valence electrons. The standard InChI is InChI=1S/C28H33ClN6S/c1-20(32-17-21-6-5-13-31-16-21)26-22(30-2)7-8-23(27(26)29)36-25-19-33-24(18-34-25)35-14-11-28(12-15-35)9-3-4-10-28/h5-8,13,16,18-19,30,32H,1,3-4,9-12,14-15,17H2,2H3. The predicted molar refractivity (Wildman–Crippen MR) is 150 cm³/mol. The van der Waals surface area contributed by atoms with Crippen LogP contribution in [0.25, 0.3) is 5.70 Å². The van der Waals surface area contributed by atoms with E-state index in [2.05, 4.69) is 27.1 Å². The average molecular weight is 521 g/mol. The molecule has 36 heavy (non-hydrogen) atoms. The molecular formula is C28H33ClN6S. The van der Waals surface area contributed by atoms with Crippen LogP contribution in [-0.4, -0.2) is 35.1 Å². The quantitative estimate of drug-likeness (QED) is 0.345. The summed E-state index contributed by atoms with van der Waals surface area (Å²) in [4.78, 5) is 16.9. The third kappa shape index (κ3) is 5.47. The van der Waals surface area contributed by atoms with Gasteiger partial charge in [-0.25, -0.2) is 9.97 Å². The molecule has 1 saturated heterocycles. The van der Waals surface area contributed by atoms with Crippen LogP contribution in [0.1, 0.15) is 49.7 Å². The van der Waals surface area contributed by atoms with E-state index in [9.17, 15) is 0 Å². The summed E-state index contributed by atoms with van der Waals surface area (Å²) in [6.07, 6.45) is 15.5. The second-order valence-electron chi connectivity index (χ2n) is 9.75. The molecule has 0 bridgehead atoms. The molecule has 2 aromatic heterocycles. The van der Waals surface area contributed by atoms with Gasteiger partial charge in [0, 0.05) is 60.9 Å². The highest BCUT2D eigenvalue weighted by Crippen LogP contribution is 2.46. The molecular weight excluding hydrogens is 488 g/mol. The smallest absolute Gasteiger partial charge is 0.147 e. The van der Waals surface area contributed by atoms with Crippen molar-refractivity contribution in [3.8, 4) is 0 Å². The lowest BCUT2D eigenvalue weighted by atomic mass is 9.77. The van der Waals surface area contributed by atoms with Crippen LogP contribution in [0.5, 0.6) is 0 Å². The van der Waals surface area contributed by atoms with Crippen molar-refractivity contribution in [1.29, 1.82) is 0 Å². The van der Waals surface area contributed by atoms with Crippen LogP contribution in [0, 0.1) is 5.41 Å². The zero-order valence-corrected chi connectivity index (χ0v) is 22.3. The van der Waals surface area contributed by atoms with Crippen LogP contribution in [0.2, 0.25) is 5.02 Å². The van der Waals surface area contributed by atoms with Crippen molar-refractivity contribution in [3.05, 3.63) is 71.8 Å². The number of nitrogens with one attached hydrogen (secondary N) is 2. The first-order valence-corrected chi connectivity index (χ1v) is 13.8. The highest BCUT2D eigenvalue weighted by molar-refractivity contribution is 7.99. The predicted octanol–water partition coefficient (Wildman–Crippen LogP) is 6.64. The molecule has 5 rings (SSSR count). The van der Waals surface area contributed by atoms with Gasteiger partial charge in [-0.3, -0.25) is 4.98 Å². The average Bonchev–Trinajstić information content (AvgIpc) is 3.37. The maximum Gasteiger partial charge on any atom is 0.147 e. The highest BCUT2D eigenvalue weighted by Gasteiger charge is 2.37. The van der Waals surface area contributed by atoms with Crippen molar-refractivity contribution in [2.24, 2.45) is 5.41 Å². The van der Waals surface area contributed by atoms with Crippen molar-refractivity contribution in [2.75, 3.05) is 30.4 Å². The number of hydrogen-bond donors (Lipinski definition) is 2. The second kappa shape index (κ2) is 11.1. The number of hydrogen-bond acceptors (Lipinski definition) is 7. The van der Waals surface area contributed by atoms with Gasteiger partial charge in [0.2, 0.25) is 0 Å². The highest BCUT2D eigenvalue weighted by atomic mass is 35.5. The van der Waals surface area contributed by atoms with Gasteiger partial charge in [-0.15, -0.1) is 0 Å². The number of piperidine rings is 1. The maximum absolute atomic E-state index is 6.90. The molecule has 2 aliphatic rings. The van der Waals surface area contributed by atoms with Gasteiger partial charge in [-0.2, -0.15) is 0 Å². The minimum absolute atomic E-state index is 0.602. The lowest BCUT2D eigenvalue weighted by Gasteiger charge is -2.39. The molecule has 0 amide bonds. The number of nitrogens with zero attached hydrogens (tertiary/aromatic N) is 4. The molecule has 1 saturated carbocycles. The maximum atomic E-state index is 6.90. The molecule has 0 radical (unpaired) electrons. The van der Waals surface area contributed by atoms with Crippen LogP contribution in [0.4, 0.5) is 11.5 Å². The molecule has 2 N–H and O–H groups in total. The first kappa shape index (κ1) is 24.9. The Labute approximate surface area is 223 Å². The Hall–Kier alpha value is -2.77. The van der Waals surface area contributed by atoms with Crippen LogP contribution in [-0.2, 0) is 6.54 Å². The van der Waals surface area contributed by atoms with E-state index in [0.29, 0.717) is 17.0 Å². The molecule has 3 aromatic rings. The Morgan fingerprint density at radius 1 is 1.08 bits per heavy atom. The molecule has 2 fully saturated rings. The molecule has 1 aliphatic carbocycles. The van der Waals surface area contributed by atoms with Gasteiger partial charge in [0.05, 0.1) is 17.4 Å². The third-order valence-corrected chi connectivity index (χ3v) is 9.03. The fourth-order valence-corrected chi connectivity index (χ4v) is 6.57. The number of rotatable bonds is 8. The van der Waals surface area contributed by atoms with Crippen molar-refractivity contribution in [2.45, 2.75) is 55.0 Å². The van der Waals surface area contributed by atoms with Crippen LogP contribution < -0.4 is 15.5 Å². The van der Waals surface area contributed by atoms with E-state index < -0.39 is 0 Å². The van der Waals surface area contributed by atoms with Gasteiger partial charge in [0.1, 0.15) is 10.8 Å². The van der Waals surface area contributed by atoms with Crippen LogP contribution >= 0.6 is 23.4 Å². The topological polar surface area (TPSA) is 66.0 Å². The summed E-state index contributed by atoms with van der Waals surface area (Å²) in [5.74, 6) is 0.970. The summed E-state index contributed by atoms with van der Waals surface area (Å²) < 4.78 is 0. The van der Waals surface area contributed by atoms with Gasteiger partial charge < -0.3 is 15.5 Å². The van der Waals surface area contributed by atoms with E-state index in [0.717, 1.165) is 51.3 Å². The Morgan fingerprint density at radius 2 is 1.89 bits per heavy atom. The van der Waals surface area contributed by atoms with E-state index in [1.807, 2.05) is 49.9 Å². The summed E-state index contributed by atoms with van der Waals surface area (Å²) in [6, 6.07) is 7.98. The Balaban J connectivity index is 1.26. The monoisotopic (exact) mass is 520 g/mol. The first-order valence-electron chi connectivity index (χ1n) is 12.6. The number of pyridine rings is 1. The van der Waals surface area contributed by atoms with Gasteiger partial charge in [-0.1, -0.05) is 48.8 Å². The minimum atomic E-state index is 0.602. The Kier molecular flexibility index (Phi) is 7.67. The van der Waals surface area contributed by atoms with Crippen molar-refractivity contribution < 1.29 is 0 Å². The number of halogens is 1. The normalized spacial score (nSPS) is 16.8. The summed E-state index contributed by atoms with van der Waals surface area (Å²) in [5.41, 5.74) is 4.20. The van der Waals surface area contributed by atoms with E-state index >= 15 is 0 Å². The lowest BCUT2D eigenvalue weighted by molar-refractivity contribution is 0.226. The van der Waals surface area contributed by atoms with Gasteiger partial charge in [0.25, 0.3) is 0 Å². The van der Waals surface area contributed by atoms with E-state index in [-0.39, 0.29) is 0 Å². The molecule has 6 nitrogen and oxygen atoms in total. The van der Waals surface area contributed by atoms with Gasteiger partial charge >= 0.3 is 0 Å². The molecule has 1 aromatic carbocycles. The first-order chi connectivity index (χ1) is 17.6. The van der Waals surface area contributed by atoms with E-state index in [4.69, 9.17) is 21.6 Å². The SMILES string of the molecule is C=C(NCc1cccnc1)c1c(NC)ccc(Sc2cnc(N3CCC4(CCCC4)CC3)cn2)c1Cl. The molecule has 1 aliphatic heterocycles. The molecule has 1 spiro atoms. The molecule has 0 atom stereocenters. The largest absolute Gasteiger partial charge is 0.388 e. The Bertz CT molecular complexity index is 1180. The van der Waals surface area contributed by atoms with E-state index in [1.54, 1.807) is 6.20 Å². The van der Waals surface area contributed by atoms with Crippen molar-refractivity contribution >= 4 is 40.6 Å². The fourth-order valence-electron chi connectivity index (χ4n) is 5.41. The summed E-state index contributed by atoms with van der Waals surface area (Å²) in [5, 5.41) is 8.07. The zero-order valence-electron chi connectivity index (χ0n) is 20.8. The Morgan fingerprint density at radius 3 is 2.56 bits per heavy atom.